The van der Waals surface area contributed by atoms with Crippen LogP contribution in [0.25, 0.3) is 0 Å². The van der Waals surface area contributed by atoms with Crippen molar-refractivity contribution in [1.29, 1.82) is 0 Å². The number of hydrogen-bond donors (Lipinski definition) is 1. The van der Waals surface area contributed by atoms with Gasteiger partial charge in [0, 0.05) is 38.7 Å². The zero-order valence-electron chi connectivity index (χ0n) is 14.4. The molecule has 25 heavy (non-hydrogen) atoms. The fraction of sp³-hybridized carbons (Fsp3) is 0.294. The number of Topliss-reactive ketones (excluding diaryl/α,β-unsaturated/α-hetero) is 1. The topological polar surface area (TPSA) is 96.0 Å². The molecule has 4 amide bonds. The van der Waals surface area contributed by atoms with E-state index in [0.29, 0.717) is 11.3 Å². The van der Waals surface area contributed by atoms with Crippen LogP contribution in [-0.4, -0.2) is 60.7 Å². The van der Waals surface area contributed by atoms with E-state index in [4.69, 9.17) is 4.74 Å². The molecule has 1 fully saturated rings. The molecule has 132 valence electrons. The highest BCUT2D eigenvalue weighted by atomic mass is 16.5. The Morgan fingerprint density at radius 2 is 1.60 bits per heavy atom. The Hall–Kier alpha value is -3.00. The largest absolute Gasteiger partial charge is 0.374 e. The number of rotatable bonds is 5. The van der Waals surface area contributed by atoms with E-state index in [1.54, 1.807) is 31.2 Å². The molecule has 1 unspecified atom stereocenters. The van der Waals surface area contributed by atoms with Gasteiger partial charge in [0.2, 0.25) is 0 Å². The first-order valence-electron chi connectivity index (χ1n) is 7.51. The lowest BCUT2D eigenvalue weighted by atomic mass is 10.1. The Morgan fingerprint density at radius 1 is 1.08 bits per heavy atom. The molecular weight excluding hydrogens is 326 g/mol. The lowest BCUT2D eigenvalue weighted by molar-refractivity contribution is -0.134. The molecule has 1 aliphatic rings. The Kier molecular flexibility index (Phi) is 5.33. The molecule has 0 bridgehead atoms. The van der Waals surface area contributed by atoms with Crippen LogP contribution >= 0.6 is 0 Å². The summed E-state index contributed by atoms with van der Waals surface area (Å²) in [6, 6.07) is 5.84. The molecule has 1 N–H and O–H groups in total. The van der Waals surface area contributed by atoms with Crippen LogP contribution in [-0.2, 0) is 14.3 Å². The van der Waals surface area contributed by atoms with Crippen LogP contribution in [0, 0.1) is 0 Å². The fourth-order valence-electron chi connectivity index (χ4n) is 2.20. The zero-order chi connectivity index (χ0) is 18.7. The number of nitrogens with zero attached hydrogens (tertiary/aromatic N) is 2. The number of ketones is 1. The molecular formula is C17H19N3O5. The van der Waals surface area contributed by atoms with Crippen LogP contribution < -0.4 is 5.32 Å². The minimum Gasteiger partial charge on any atom is -0.374 e. The van der Waals surface area contributed by atoms with Crippen molar-refractivity contribution in [2.75, 3.05) is 26.5 Å². The van der Waals surface area contributed by atoms with Gasteiger partial charge in [-0.1, -0.05) is 0 Å². The van der Waals surface area contributed by atoms with E-state index in [1.165, 1.54) is 27.4 Å². The van der Waals surface area contributed by atoms with Crippen molar-refractivity contribution in [3.63, 3.8) is 0 Å². The number of imide groups is 2. The number of ether oxygens (including phenoxy) is 1. The summed E-state index contributed by atoms with van der Waals surface area (Å²) in [5.41, 5.74) is 0.914. The highest BCUT2D eigenvalue weighted by molar-refractivity contribution is 6.28. The molecule has 8 heteroatoms. The first-order chi connectivity index (χ1) is 11.8. The molecule has 1 saturated heterocycles. The average Bonchev–Trinajstić information content (AvgIpc) is 2.64. The van der Waals surface area contributed by atoms with E-state index in [9.17, 15) is 19.2 Å². The van der Waals surface area contributed by atoms with Gasteiger partial charge in [0.25, 0.3) is 11.8 Å². The molecule has 8 nitrogen and oxygen atoms in total. The van der Waals surface area contributed by atoms with E-state index in [1.807, 2.05) is 0 Å². The predicted molar refractivity (Wildman–Crippen MR) is 89.9 cm³/mol. The van der Waals surface area contributed by atoms with Gasteiger partial charge in [0.05, 0.1) is 0 Å². The number of carbonyl (C=O) groups excluding carboxylic acids is 4. The third-order valence-electron chi connectivity index (χ3n) is 3.92. The van der Waals surface area contributed by atoms with Crippen molar-refractivity contribution < 1.29 is 23.9 Å². The molecule has 1 aromatic carbocycles. The second kappa shape index (κ2) is 7.27. The summed E-state index contributed by atoms with van der Waals surface area (Å²) >= 11 is 0. The third kappa shape index (κ3) is 3.58. The summed E-state index contributed by atoms with van der Waals surface area (Å²) in [5, 5.41) is 2.83. The Morgan fingerprint density at radius 3 is 2.08 bits per heavy atom. The monoisotopic (exact) mass is 345 g/mol. The van der Waals surface area contributed by atoms with E-state index in [2.05, 4.69) is 5.32 Å². The summed E-state index contributed by atoms with van der Waals surface area (Å²) in [5.74, 6) is -1.51. The van der Waals surface area contributed by atoms with Gasteiger partial charge in [0.1, 0.15) is 11.7 Å². The number of hydrogen-bond acceptors (Lipinski definition) is 6. The molecule has 0 radical (unpaired) electrons. The fourth-order valence-corrected chi connectivity index (χ4v) is 2.20. The average molecular weight is 345 g/mol. The zero-order valence-corrected chi connectivity index (χ0v) is 14.4. The van der Waals surface area contributed by atoms with E-state index >= 15 is 0 Å². The molecule has 0 spiro atoms. The first-order valence-corrected chi connectivity index (χ1v) is 7.51. The molecule has 1 aliphatic heterocycles. The number of nitrogens with one attached hydrogen (secondary N) is 1. The number of benzene rings is 1. The van der Waals surface area contributed by atoms with Crippen LogP contribution in [0.4, 0.5) is 10.5 Å². The number of urea groups is 1. The van der Waals surface area contributed by atoms with E-state index in [0.717, 1.165) is 9.80 Å². The number of anilines is 1. The van der Waals surface area contributed by atoms with Crippen molar-refractivity contribution in [3.8, 4) is 0 Å². The lowest BCUT2D eigenvalue weighted by Crippen LogP contribution is -2.53. The van der Waals surface area contributed by atoms with Gasteiger partial charge < -0.3 is 10.1 Å². The standard InChI is InChI=1S/C17H19N3O5/c1-10(25-4)14(21)11-5-7-12(8-6-11)18-9-13-15(22)19(2)17(24)20(3)16(13)23/h5-10,18H,1-4H3. The van der Waals surface area contributed by atoms with Crippen molar-refractivity contribution in [2.45, 2.75) is 13.0 Å². The number of amides is 4. The second-order valence-corrected chi connectivity index (χ2v) is 5.53. The maximum atomic E-state index is 12.1. The molecule has 1 atom stereocenters. The minimum absolute atomic E-state index is 0.146. The lowest BCUT2D eigenvalue weighted by Gasteiger charge is -2.28. The second-order valence-electron chi connectivity index (χ2n) is 5.53. The molecule has 2 rings (SSSR count). The Balaban J connectivity index is 2.16. The molecule has 1 heterocycles. The van der Waals surface area contributed by atoms with Gasteiger partial charge in [-0.05, 0) is 31.2 Å². The maximum Gasteiger partial charge on any atom is 0.333 e. The molecule has 0 saturated carbocycles. The smallest absolute Gasteiger partial charge is 0.333 e. The summed E-state index contributed by atoms with van der Waals surface area (Å²) < 4.78 is 4.99. The summed E-state index contributed by atoms with van der Waals surface area (Å²) in [7, 11) is 4.07. The molecule has 0 aromatic heterocycles. The van der Waals surface area contributed by atoms with Crippen LogP contribution in [0.1, 0.15) is 17.3 Å². The van der Waals surface area contributed by atoms with Gasteiger partial charge in [-0.3, -0.25) is 24.2 Å². The van der Waals surface area contributed by atoms with E-state index in [-0.39, 0.29) is 11.4 Å². The number of carbonyl (C=O) groups is 4. The van der Waals surface area contributed by atoms with Gasteiger partial charge in [0.15, 0.2) is 5.78 Å². The van der Waals surface area contributed by atoms with Gasteiger partial charge in [-0.15, -0.1) is 0 Å². The predicted octanol–water partition coefficient (Wildman–Crippen LogP) is 1.25. The van der Waals surface area contributed by atoms with Crippen molar-refractivity contribution in [1.82, 2.24) is 9.80 Å². The van der Waals surface area contributed by atoms with Crippen LogP contribution in [0.5, 0.6) is 0 Å². The van der Waals surface area contributed by atoms with Crippen LogP contribution in [0.15, 0.2) is 36.0 Å². The van der Waals surface area contributed by atoms with Crippen LogP contribution in [0.2, 0.25) is 0 Å². The maximum absolute atomic E-state index is 12.1. The Bertz CT molecular complexity index is 728. The summed E-state index contributed by atoms with van der Waals surface area (Å²) in [6.45, 7) is 1.66. The highest BCUT2D eigenvalue weighted by Crippen LogP contribution is 2.16. The number of likely N-dealkylation sites (N-methyl/N-ethyl adjacent to an activating group) is 2. The van der Waals surface area contributed by atoms with Gasteiger partial charge in [-0.2, -0.15) is 0 Å². The van der Waals surface area contributed by atoms with Crippen molar-refractivity contribution >= 4 is 29.3 Å². The number of methoxy groups -OCH3 is 1. The van der Waals surface area contributed by atoms with Crippen molar-refractivity contribution in [3.05, 3.63) is 41.6 Å². The van der Waals surface area contributed by atoms with Gasteiger partial charge >= 0.3 is 6.03 Å². The minimum atomic E-state index is -0.679. The first kappa shape index (κ1) is 18.3. The van der Waals surface area contributed by atoms with Crippen molar-refractivity contribution in [2.24, 2.45) is 0 Å². The molecule has 1 aromatic rings. The van der Waals surface area contributed by atoms with Gasteiger partial charge in [-0.25, -0.2) is 4.79 Å². The Labute approximate surface area is 145 Å². The quantitative estimate of drug-likeness (QED) is 0.490. The molecule has 0 aliphatic carbocycles. The highest BCUT2D eigenvalue weighted by Gasteiger charge is 2.37. The SMILES string of the molecule is COC(C)C(=O)c1ccc(NC=C2C(=O)N(C)C(=O)N(C)C2=O)cc1. The summed E-state index contributed by atoms with van der Waals surface area (Å²) in [4.78, 5) is 49.5. The van der Waals surface area contributed by atoms with E-state index < -0.39 is 23.9 Å². The number of barbiturate groups is 1. The van der Waals surface area contributed by atoms with Crippen LogP contribution in [0.3, 0.4) is 0 Å². The third-order valence-corrected chi connectivity index (χ3v) is 3.92. The summed E-state index contributed by atoms with van der Waals surface area (Å²) in [6.07, 6.45) is 0.709. The normalized spacial score (nSPS) is 16.2.